The topological polar surface area (TPSA) is 86.3 Å². The molecule has 1 aromatic carbocycles. The molecule has 0 aliphatic carbocycles. The van der Waals surface area contributed by atoms with Gasteiger partial charge in [0.05, 0.1) is 17.0 Å². The van der Waals surface area contributed by atoms with Crippen molar-refractivity contribution in [1.29, 1.82) is 0 Å². The zero-order valence-corrected chi connectivity index (χ0v) is 19.6. The van der Waals surface area contributed by atoms with Crippen molar-refractivity contribution < 1.29 is 8.42 Å². The van der Waals surface area contributed by atoms with E-state index in [0.29, 0.717) is 5.96 Å². The van der Waals surface area contributed by atoms with Crippen LogP contribution in [0.3, 0.4) is 0 Å². The number of H-pyrrole nitrogens is 1. The first-order chi connectivity index (χ1) is 12.2. The average Bonchev–Trinajstić information content (AvgIpc) is 2.97. The lowest BCUT2D eigenvalue weighted by Crippen LogP contribution is -2.39. The minimum atomic E-state index is -3.16. The summed E-state index contributed by atoms with van der Waals surface area (Å²) < 4.78 is 23.6. The van der Waals surface area contributed by atoms with Crippen molar-refractivity contribution >= 4 is 50.7 Å². The Hall–Kier alpha value is -1.29. The van der Waals surface area contributed by atoms with E-state index in [1.54, 1.807) is 20.8 Å². The highest BCUT2D eigenvalue weighted by molar-refractivity contribution is 14.0. The van der Waals surface area contributed by atoms with Gasteiger partial charge in [-0.2, -0.15) is 0 Å². The Kier molecular flexibility index (Phi) is 9.07. The van der Waals surface area contributed by atoms with E-state index in [2.05, 4.69) is 32.7 Å². The Balaban J connectivity index is 0.00000364. The van der Waals surface area contributed by atoms with Crippen LogP contribution in [0.5, 0.6) is 0 Å². The standard InChI is InChI=1S/C19H30N4O2S.HI/c1-5-20-18(22-12-13-26(24,25)19(2,3)4)21-11-10-15-14-23-17-9-7-6-8-16(15)17;/h6-9,14,23H,5,10-13H2,1-4H3,(H2,20,21,22);1H. The highest BCUT2D eigenvalue weighted by Crippen LogP contribution is 2.17. The number of para-hydroxylation sites is 1. The molecule has 1 heterocycles. The van der Waals surface area contributed by atoms with Crippen LogP contribution in [0.15, 0.2) is 35.5 Å². The molecule has 0 saturated heterocycles. The van der Waals surface area contributed by atoms with Gasteiger partial charge in [-0.05, 0) is 45.7 Å². The number of rotatable bonds is 7. The summed E-state index contributed by atoms with van der Waals surface area (Å²) in [7, 11) is -3.16. The van der Waals surface area contributed by atoms with E-state index >= 15 is 0 Å². The number of fused-ring (bicyclic) bond motifs is 1. The molecule has 0 unspecified atom stereocenters. The van der Waals surface area contributed by atoms with Crippen molar-refractivity contribution in [2.24, 2.45) is 4.99 Å². The molecule has 0 aliphatic rings. The molecule has 0 radical (unpaired) electrons. The third kappa shape index (κ3) is 6.67. The van der Waals surface area contributed by atoms with Gasteiger partial charge < -0.3 is 15.6 Å². The fourth-order valence-electron chi connectivity index (χ4n) is 2.58. The number of benzene rings is 1. The predicted molar refractivity (Wildman–Crippen MR) is 125 cm³/mol. The molecule has 0 aliphatic heterocycles. The average molecular weight is 506 g/mol. The molecule has 0 saturated carbocycles. The van der Waals surface area contributed by atoms with Gasteiger partial charge in [0.1, 0.15) is 0 Å². The summed E-state index contributed by atoms with van der Waals surface area (Å²) in [5.41, 5.74) is 2.38. The number of nitrogens with one attached hydrogen (secondary N) is 3. The molecule has 0 fully saturated rings. The largest absolute Gasteiger partial charge is 0.361 e. The highest BCUT2D eigenvalue weighted by atomic mass is 127. The quantitative estimate of drug-likeness (QED) is 0.306. The summed E-state index contributed by atoms with van der Waals surface area (Å²) in [6, 6.07) is 8.22. The maximum absolute atomic E-state index is 12.2. The Morgan fingerprint density at radius 3 is 2.56 bits per heavy atom. The van der Waals surface area contributed by atoms with Crippen LogP contribution in [0.1, 0.15) is 33.3 Å². The molecule has 152 valence electrons. The second kappa shape index (κ2) is 10.3. The summed E-state index contributed by atoms with van der Waals surface area (Å²) in [6.45, 7) is 8.85. The molecule has 0 bridgehead atoms. The van der Waals surface area contributed by atoms with Crippen LogP contribution in [0, 0.1) is 0 Å². The summed E-state index contributed by atoms with van der Waals surface area (Å²) in [5.74, 6) is 0.701. The Morgan fingerprint density at radius 1 is 1.19 bits per heavy atom. The maximum atomic E-state index is 12.2. The molecule has 0 spiro atoms. The monoisotopic (exact) mass is 506 g/mol. The molecule has 2 aromatic rings. The number of sulfone groups is 1. The van der Waals surface area contributed by atoms with Crippen LogP contribution in [0.2, 0.25) is 0 Å². The molecule has 1 aromatic heterocycles. The SMILES string of the molecule is CCNC(=NCCS(=O)(=O)C(C)(C)C)NCCc1c[nH]c2ccccc12.I. The molecule has 27 heavy (non-hydrogen) atoms. The molecule has 0 amide bonds. The van der Waals surface area contributed by atoms with Gasteiger partial charge in [-0.1, -0.05) is 18.2 Å². The molecule has 0 atom stereocenters. The normalized spacial score (nSPS) is 12.7. The van der Waals surface area contributed by atoms with Gasteiger partial charge in [-0.25, -0.2) is 8.42 Å². The van der Waals surface area contributed by atoms with Crippen LogP contribution < -0.4 is 10.6 Å². The van der Waals surface area contributed by atoms with Crippen molar-refractivity contribution in [3.05, 3.63) is 36.0 Å². The van der Waals surface area contributed by atoms with E-state index in [9.17, 15) is 8.42 Å². The first-order valence-electron chi connectivity index (χ1n) is 9.04. The van der Waals surface area contributed by atoms with Crippen molar-refractivity contribution in [2.75, 3.05) is 25.4 Å². The molecule has 3 N–H and O–H groups in total. The number of aliphatic imine (C=N–C) groups is 1. The van der Waals surface area contributed by atoms with E-state index in [0.717, 1.165) is 25.0 Å². The molecule has 8 heteroatoms. The zero-order chi connectivity index (χ0) is 19.2. The molecular formula is C19H31IN4O2S. The Bertz CT molecular complexity index is 854. The number of hydrogen-bond acceptors (Lipinski definition) is 3. The van der Waals surface area contributed by atoms with Crippen molar-refractivity contribution in [2.45, 2.75) is 38.9 Å². The number of halogens is 1. The van der Waals surface area contributed by atoms with Crippen molar-refractivity contribution in [1.82, 2.24) is 15.6 Å². The lowest BCUT2D eigenvalue weighted by molar-refractivity contribution is 0.560. The second-order valence-corrected chi connectivity index (χ2v) is 10.1. The van der Waals surface area contributed by atoms with Gasteiger partial charge in [0.15, 0.2) is 15.8 Å². The zero-order valence-electron chi connectivity index (χ0n) is 16.5. The third-order valence-electron chi connectivity index (χ3n) is 4.27. The first-order valence-corrected chi connectivity index (χ1v) is 10.7. The summed E-state index contributed by atoms with van der Waals surface area (Å²) in [6.07, 6.45) is 2.89. The smallest absolute Gasteiger partial charge is 0.191 e. The lowest BCUT2D eigenvalue weighted by atomic mass is 10.1. The fourth-order valence-corrected chi connectivity index (χ4v) is 3.52. The van der Waals surface area contributed by atoms with Gasteiger partial charge in [0.2, 0.25) is 0 Å². The molecule has 6 nitrogen and oxygen atoms in total. The Labute approximate surface area is 179 Å². The van der Waals surface area contributed by atoms with E-state index in [-0.39, 0.29) is 36.3 Å². The number of guanidine groups is 1. The Morgan fingerprint density at radius 2 is 1.89 bits per heavy atom. The fraction of sp³-hybridized carbons (Fsp3) is 0.526. The number of nitrogens with zero attached hydrogens (tertiary/aromatic N) is 1. The van der Waals surface area contributed by atoms with Crippen LogP contribution in [-0.4, -0.2) is 49.5 Å². The highest BCUT2D eigenvalue weighted by Gasteiger charge is 2.28. The third-order valence-corrected chi connectivity index (χ3v) is 6.85. The molecular weight excluding hydrogens is 475 g/mol. The minimum absolute atomic E-state index is 0. The van der Waals surface area contributed by atoms with E-state index in [1.165, 1.54) is 10.9 Å². The van der Waals surface area contributed by atoms with Gasteiger partial charge in [-0.3, -0.25) is 4.99 Å². The lowest BCUT2D eigenvalue weighted by Gasteiger charge is -2.18. The van der Waals surface area contributed by atoms with Crippen LogP contribution in [0.25, 0.3) is 10.9 Å². The van der Waals surface area contributed by atoms with E-state index in [4.69, 9.17) is 0 Å². The number of hydrogen-bond donors (Lipinski definition) is 3. The van der Waals surface area contributed by atoms with Crippen LogP contribution in [0.4, 0.5) is 0 Å². The van der Waals surface area contributed by atoms with Crippen molar-refractivity contribution in [3.63, 3.8) is 0 Å². The number of aromatic amines is 1. The van der Waals surface area contributed by atoms with Crippen LogP contribution >= 0.6 is 24.0 Å². The van der Waals surface area contributed by atoms with E-state index < -0.39 is 14.6 Å². The summed E-state index contributed by atoms with van der Waals surface area (Å²) in [4.78, 5) is 7.68. The maximum Gasteiger partial charge on any atom is 0.191 e. The summed E-state index contributed by atoms with van der Waals surface area (Å²) in [5, 5.41) is 7.67. The summed E-state index contributed by atoms with van der Waals surface area (Å²) >= 11 is 0. The van der Waals surface area contributed by atoms with Gasteiger partial charge >= 0.3 is 0 Å². The van der Waals surface area contributed by atoms with E-state index in [1.807, 2.05) is 25.3 Å². The van der Waals surface area contributed by atoms with Crippen LogP contribution in [-0.2, 0) is 16.3 Å². The van der Waals surface area contributed by atoms with Gasteiger partial charge in [-0.15, -0.1) is 24.0 Å². The predicted octanol–water partition coefficient (Wildman–Crippen LogP) is 3.10. The van der Waals surface area contributed by atoms with Crippen molar-refractivity contribution in [3.8, 4) is 0 Å². The van der Waals surface area contributed by atoms with Gasteiger partial charge in [0, 0.05) is 30.2 Å². The minimum Gasteiger partial charge on any atom is -0.361 e. The second-order valence-electron chi connectivity index (χ2n) is 7.23. The first kappa shape index (κ1) is 23.7. The molecule has 2 rings (SSSR count). The van der Waals surface area contributed by atoms with Gasteiger partial charge in [0.25, 0.3) is 0 Å². The number of aromatic nitrogens is 1.